The number of carbonyl (C=O) groups is 1. The molecule has 0 spiro atoms. The molecule has 1 aromatic heterocycles. The smallest absolute Gasteiger partial charge is 0.257 e. The maximum atomic E-state index is 12.4. The van der Waals surface area contributed by atoms with Crippen LogP contribution in [0.5, 0.6) is 5.75 Å². The largest absolute Gasteiger partial charge is 0.497 e. The van der Waals surface area contributed by atoms with Gasteiger partial charge in [0, 0.05) is 17.4 Å². The Morgan fingerprint density at radius 3 is 2.54 bits per heavy atom. The van der Waals surface area contributed by atoms with Crippen LogP contribution in [0.2, 0.25) is 0 Å². The molecule has 4 heteroatoms. The van der Waals surface area contributed by atoms with Gasteiger partial charge < -0.3 is 10.1 Å². The summed E-state index contributed by atoms with van der Waals surface area (Å²) in [5.41, 5.74) is 4.32. The van der Waals surface area contributed by atoms with E-state index < -0.39 is 0 Å². The summed E-state index contributed by atoms with van der Waals surface area (Å²) in [4.78, 5) is 16.8. The fourth-order valence-corrected chi connectivity index (χ4v) is 2.73. The summed E-state index contributed by atoms with van der Waals surface area (Å²) in [6.45, 7) is 2.15. The Balaban J connectivity index is 1.70. The van der Waals surface area contributed by atoms with Gasteiger partial charge in [0.2, 0.25) is 0 Å². The molecule has 0 aliphatic rings. The topological polar surface area (TPSA) is 51.2 Å². The Morgan fingerprint density at radius 1 is 1.08 bits per heavy atom. The van der Waals surface area contributed by atoms with E-state index in [1.165, 1.54) is 5.56 Å². The van der Waals surface area contributed by atoms with Crippen molar-refractivity contribution in [2.24, 2.45) is 0 Å². The maximum absolute atomic E-state index is 12.4. The number of aryl methyl sites for hydroxylation is 1. The van der Waals surface area contributed by atoms with Crippen LogP contribution >= 0.6 is 0 Å². The molecule has 0 bridgehead atoms. The molecule has 0 atom stereocenters. The molecule has 132 valence electrons. The van der Waals surface area contributed by atoms with Crippen LogP contribution < -0.4 is 10.1 Å². The van der Waals surface area contributed by atoms with Gasteiger partial charge in [-0.25, -0.2) is 0 Å². The van der Waals surface area contributed by atoms with Crippen molar-refractivity contribution in [3.63, 3.8) is 0 Å². The monoisotopic (exact) mass is 346 g/mol. The highest BCUT2D eigenvalue weighted by atomic mass is 16.5. The van der Waals surface area contributed by atoms with E-state index in [-0.39, 0.29) is 5.91 Å². The molecule has 0 aliphatic heterocycles. The summed E-state index contributed by atoms with van der Waals surface area (Å²) in [6, 6.07) is 19.3. The molecule has 3 rings (SSSR count). The first kappa shape index (κ1) is 17.7. The number of ether oxygens (including phenoxy) is 1. The van der Waals surface area contributed by atoms with Crippen molar-refractivity contribution in [2.75, 3.05) is 12.4 Å². The predicted molar refractivity (Wildman–Crippen MR) is 105 cm³/mol. The number of anilines is 1. The molecule has 26 heavy (non-hydrogen) atoms. The van der Waals surface area contributed by atoms with Gasteiger partial charge in [-0.15, -0.1) is 0 Å². The number of nitrogens with one attached hydrogen (secondary N) is 1. The molecule has 1 N–H and O–H groups in total. The van der Waals surface area contributed by atoms with Crippen LogP contribution in [0.25, 0.3) is 11.3 Å². The van der Waals surface area contributed by atoms with E-state index in [2.05, 4.69) is 17.2 Å². The van der Waals surface area contributed by atoms with Crippen molar-refractivity contribution in [3.05, 3.63) is 78.0 Å². The van der Waals surface area contributed by atoms with Gasteiger partial charge in [0.1, 0.15) is 5.75 Å². The summed E-state index contributed by atoms with van der Waals surface area (Å²) < 4.78 is 5.24. The summed E-state index contributed by atoms with van der Waals surface area (Å²) in [5.74, 6) is 0.607. The van der Waals surface area contributed by atoms with Gasteiger partial charge in [0.25, 0.3) is 5.91 Å². The summed E-state index contributed by atoms with van der Waals surface area (Å²) in [7, 11) is 1.63. The summed E-state index contributed by atoms with van der Waals surface area (Å²) >= 11 is 0. The van der Waals surface area contributed by atoms with E-state index in [1.54, 1.807) is 19.4 Å². The van der Waals surface area contributed by atoms with E-state index >= 15 is 0 Å². The summed E-state index contributed by atoms with van der Waals surface area (Å²) in [5, 5.41) is 2.91. The normalized spacial score (nSPS) is 10.4. The van der Waals surface area contributed by atoms with Crippen molar-refractivity contribution in [1.82, 2.24) is 4.98 Å². The minimum Gasteiger partial charge on any atom is -0.497 e. The molecule has 0 fully saturated rings. The SMILES string of the molecule is CCCc1ccc(NC(=O)c2ccc(-c3cccc(OC)c3)nc2)cc1. The van der Waals surface area contributed by atoms with Crippen LogP contribution in [0.3, 0.4) is 0 Å². The molecule has 1 amide bonds. The van der Waals surface area contributed by atoms with Crippen molar-refractivity contribution in [1.29, 1.82) is 0 Å². The molecule has 0 unspecified atom stereocenters. The Labute approximate surface area is 153 Å². The number of hydrogen-bond acceptors (Lipinski definition) is 3. The van der Waals surface area contributed by atoms with Gasteiger partial charge in [-0.1, -0.05) is 37.6 Å². The fraction of sp³-hybridized carbons (Fsp3) is 0.182. The first-order valence-corrected chi connectivity index (χ1v) is 8.70. The average molecular weight is 346 g/mol. The standard InChI is InChI=1S/C22H22N2O2/c1-3-5-16-8-11-19(12-9-16)24-22(25)18-10-13-21(23-15-18)17-6-4-7-20(14-17)26-2/h4,6-15H,3,5H2,1-2H3,(H,24,25). The minimum absolute atomic E-state index is 0.169. The zero-order valence-corrected chi connectivity index (χ0v) is 15.0. The second kappa shape index (κ2) is 8.30. The first-order chi connectivity index (χ1) is 12.7. The first-order valence-electron chi connectivity index (χ1n) is 8.70. The van der Waals surface area contributed by atoms with Crippen molar-refractivity contribution < 1.29 is 9.53 Å². The molecular weight excluding hydrogens is 324 g/mol. The van der Waals surface area contributed by atoms with Gasteiger partial charge in [-0.05, 0) is 48.4 Å². The molecule has 1 heterocycles. The molecule has 0 saturated heterocycles. The number of rotatable bonds is 6. The van der Waals surface area contributed by atoms with E-state index in [0.29, 0.717) is 5.56 Å². The zero-order valence-electron chi connectivity index (χ0n) is 15.0. The zero-order chi connectivity index (χ0) is 18.4. The van der Waals surface area contributed by atoms with Crippen molar-refractivity contribution >= 4 is 11.6 Å². The second-order valence-corrected chi connectivity index (χ2v) is 6.07. The third kappa shape index (κ3) is 4.28. The van der Waals surface area contributed by atoms with E-state index in [1.807, 2.05) is 54.6 Å². The lowest BCUT2D eigenvalue weighted by Gasteiger charge is -2.08. The molecular formula is C22H22N2O2. The lowest BCUT2D eigenvalue weighted by Crippen LogP contribution is -2.12. The second-order valence-electron chi connectivity index (χ2n) is 6.07. The molecule has 3 aromatic rings. The minimum atomic E-state index is -0.169. The predicted octanol–water partition coefficient (Wildman–Crippen LogP) is 4.96. The van der Waals surface area contributed by atoms with Crippen LogP contribution in [0.1, 0.15) is 29.3 Å². The van der Waals surface area contributed by atoms with Gasteiger partial charge >= 0.3 is 0 Å². The van der Waals surface area contributed by atoms with E-state index in [9.17, 15) is 4.79 Å². The number of methoxy groups -OCH3 is 1. The molecule has 0 aliphatic carbocycles. The lowest BCUT2D eigenvalue weighted by atomic mass is 10.1. The van der Waals surface area contributed by atoms with E-state index in [0.717, 1.165) is 35.5 Å². The third-order valence-corrected chi connectivity index (χ3v) is 4.14. The van der Waals surface area contributed by atoms with Crippen LogP contribution in [-0.4, -0.2) is 18.0 Å². The van der Waals surface area contributed by atoms with Gasteiger partial charge in [-0.2, -0.15) is 0 Å². The number of nitrogens with zero attached hydrogens (tertiary/aromatic N) is 1. The number of pyridine rings is 1. The fourth-order valence-electron chi connectivity index (χ4n) is 2.73. The molecule has 4 nitrogen and oxygen atoms in total. The Bertz CT molecular complexity index is 871. The molecule has 0 radical (unpaired) electrons. The average Bonchev–Trinajstić information content (AvgIpc) is 2.70. The lowest BCUT2D eigenvalue weighted by molar-refractivity contribution is 0.102. The highest BCUT2D eigenvalue weighted by Gasteiger charge is 2.08. The number of aromatic nitrogens is 1. The Kier molecular flexibility index (Phi) is 5.64. The summed E-state index contributed by atoms with van der Waals surface area (Å²) in [6.07, 6.45) is 3.75. The Morgan fingerprint density at radius 2 is 1.88 bits per heavy atom. The van der Waals surface area contributed by atoms with Crippen molar-refractivity contribution in [2.45, 2.75) is 19.8 Å². The Hall–Kier alpha value is -3.14. The highest BCUT2D eigenvalue weighted by molar-refractivity contribution is 6.04. The molecule has 2 aromatic carbocycles. The number of amides is 1. The van der Waals surface area contributed by atoms with E-state index in [4.69, 9.17) is 4.74 Å². The van der Waals surface area contributed by atoms with Gasteiger partial charge in [0.05, 0.1) is 18.4 Å². The molecule has 0 saturated carbocycles. The van der Waals surface area contributed by atoms with Crippen LogP contribution in [-0.2, 0) is 6.42 Å². The van der Waals surface area contributed by atoms with Crippen LogP contribution in [0.15, 0.2) is 66.9 Å². The van der Waals surface area contributed by atoms with Crippen LogP contribution in [0.4, 0.5) is 5.69 Å². The third-order valence-electron chi connectivity index (χ3n) is 4.14. The van der Waals surface area contributed by atoms with Crippen LogP contribution in [0, 0.1) is 0 Å². The maximum Gasteiger partial charge on any atom is 0.257 e. The number of hydrogen-bond donors (Lipinski definition) is 1. The van der Waals surface area contributed by atoms with Gasteiger partial charge in [-0.3, -0.25) is 9.78 Å². The quantitative estimate of drug-likeness (QED) is 0.686. The highest BCUT2D eigenvalue weighted by Crippen LogP contribution is 2.22. The number of carbonyl (C=O) groups excluding carboxylic acids is 1. The number of benzene rings is 2. The van der Waals surface area contributed by atoms with Crippen molar-refractivity contribution in [3.8, 4) is 17.0 Å². The van der Waals surface area contributed by atoms with Gasteiger partial charge in [0.15, 0.2) is 0 Å².